The molecule has 7 nitrogen and oxygen atoms in total. The number of aliphatic hydroxyl groups excluding tert-OH is 1. The molecule has 0 unspecified atom stereocenters. The van der Waals surface area contributed by atoms with Crippen LogP contribution in [0.5, 0.6) is 0 Å². The lowest BCUT2D eigenvalue weighted by Crippen LogP contribution is -2.28. The van der Waals surface area contributed by atoms with E-state index in [2.05, 4.69) is 25.6 Å². The number of nitrogens with one attached hydrogen (secondary N) is 3. The molecule has 4 aromatic rings. The van der Waals surface area contributed by atoms with E-state index >= 15 is 0 Å². The maximum absolute atomic E-state index is 12.6. The summed E-state index contributed by atoms with van der Waals surface area (Å²) in [6, 6.07) is 13.7. The predicted octanol–water partition coefficient (Wildman–Crippen LogP) is 3.82. The number of rotatable bonds is 5. The number of aromatic nitrogens is 3. The Morgan fingerprint density at radius 3 is 2.77 bits per heavy atom. The van der Waals surface area contributed by atoms with Crippen molar-refractivity contribution in [1.29, 1.82) is 0 Å². The van der Waals surface area contributed by atoms with Gasteiger partial charge in [0.2, 0.25) is 0 Å². The van der Waals surface area contributed by atoms with Crippen LogP contribution in [0.1, 0.15) is 41.9 Å². The summed E-state index contributed by atoms with van der Waals surface area (Å²) in [5.74, 6) is 0.592. The number of aliphatic hydroxyl groups is 1. The van der Waals surface area contributed by atoms with E-state index in [0.717, 1.165) is 57.9 Å². The molecule has 2 heterocycles. The molecule has 30 heavy (non-hydrogen) atoms. The Morgan fingerprint density at radius 2 is 1.93 bits per heavy atom. The number of aromatic amines is 1. The highest BCUT2D eigenvalue weighted by atomic mass is 32.1. The molecule has 5 rings (SSSR count). The molecule has 1 fully saturated rings. The fraction of sp³-hybridized carbons (Fsp3) is 0.318. The molecule has 0 spiro atoms. The number of imidazole rings is 1. The maximum Gasteiger partial charge on any atom is 0.251 e. The van der Waals surface area contributed by atoms with Crippen LogP contribution in [0.4, 0.5) is 5.13 Å². The number of thiazole rings is 1. The number of benzene rings is 2. The summed E-state index contributed by atoms with van der Waals surface area (Å²) < 4.78 is 0.977. The van der Waals surface area contributed by atoms with Gasteiger partial charge < -0.3 is 20.7 Å². The summed E-state index contributed by atoms with van der Waals surface area (Å²) in [4.78, 5) is 25.0. The van der Waals surface area contributed by atoms with E-state index in [4.69, 9.17) is 0 Å². The van der Waals surface area contributed by atoms with Crippen molar-refractivity contribution in [3.8, 4) is 0 Å². The van der Waals surface area contributed by atoms with Crippen molar-refractivity contribution in [2.45, 2.75) is 44.4 Å². The third kappa shape index (κ3) is 4.01. The third-order valence-electron chi connectivity index (χ3n) is 5.53. The van der Waals surface area contributed by atoms with E-state index in [0.29, 0.717) is 18.2 Å². The first-order valence-electron chi connectivity index (χ1n) is 10.2. The molecule has 0 saturated heterocycles. The molecule has 0 radical (unpaired) electrons. The van der Waals surface area contributed by atoms with Gasteiger partial charge in [-0.05, 0) is 56.0 Å². The van der Waals surface area contributed by atoms with Crippen LogP contribution >= 0.6 is 11.3 Å². The third-order valence-corrected chi connectivity index (χ3v) is 6.48. The van der Waals surface area contributed by atoms with E-state index < -0.39 is 0 Å². The number of hydrogen-bond donors (Lipinski definition) is 4. The number of anilines is 1. The highest BCUT2D eigenvalue weighted by molar-refractivity contribution is 7.22. The number of fused-ring (bicyclic) bond motifs is 2. The molecule has 2 aromatic heterocycles. The monoisotopic (exact) mass is 421 g/mol. The number of H-pyrrole nitrogens is 1. The first kappa shape index (κ1) is 19.0. The quantitative estimate of drug-likeness (QED) is 0.392. The summed E-state index contributed by atoms with van der Waals surface area (Å²) >= 11 is 1.56. The van der Waals surface area contributed by atoms with Gasteiger partial charge in [0.05, 0.1) is 33.9 Å². The van der Waals surface area contributed by atoms with E-state index in [1.807, 2.05) is 36.4 Å². The Morgan fingerprint density at radius 1 is 1.10 bits per heavy atom. The molecule has 4 N–H and O–H groups in total. The lowest BCUT2D eigenvalue weighted by molar-refractivity contribution is 0.0950. The highest BCUT2D eigenvalue weighted by Crippen LogP contribution is 2.29. The Kier molecular flexibility index (Phi) is 5.10. The molecule has 154 valence electrons. The number of amides is 1. The second-order valence-electron chi connectivity index (χ2n) is 7.73. The van der Waals surface area contributed by atoms with Crippen LogP contribution < -0.4 is 10.6 Å². The minimum absolute atomic E-state index is 0.137. The second kappa shape index (κ2) is 8.04. The molecule has 2 aromatic carbocycles. The van der Waals surface area contributed by atoms with Gasteiger partial charge in [-0.2, -0.15) is 0 Å². The van der Waals surface area contributed by atoms with Crippen molar-refractivity contribution in [3.63, 3.8) is 0 Å². The summed E-state index contributed by atoms with van der Waals surface area (Å²) in [5, 5.41) is 16.9. The molecule has 0 aliphatic heterocycles. The van der Waals surface area contributed by atoms with Gasteiger partial charge in [0.25, 0.3) is 5.91 Å². The Bertz CT molecular complexity index is 1160. The van der Waals surface area contributed by atoms with Gasteiger partial charge in [-0.3, -0.25) is 4.79 Å². The zero-order valence-corrected chi connectivity index (χ0v) is 17.2. The van der Waals surface area contributed by atoms with Crippen LogP contribution in [0.2, 0.25) is 0 Å². The van der Waals surface area contributed by atoms with Crippen LogP contribution in [-0.2, 0) is 6.54 Å². The standard InChI is InChI=1S/C22H23N5O2S/c28-15-8-6-14(7-9-15)24-22-27-18-10-5-13(11-19(18)30-22)21(29)23-12-20-25-16-3-1-2-4-17(16)26-20/h1-5,10-11,14-15,28H,6-9,12H2,(H,23,29)(H,24,27)(H,25,26). The topological polar surface area (TPSA) is 103 Å². The second-order valence-corrected chi connectivity index (χ2v) is 8.77. The van der Waals surface area contributed by atoms with Crippen molar-refractivity contribution in [2.24, 2.45) is 0 Å². The molecule has 0 bridgehead atoms. The molecule has 1 saturated carbocycles. The molecule has 1 aliphatic carbocycles. The Hall–Kier alpha value is -2.97. The van der Waals surface area contributed by atoms with Gasteiger partial charge in [-0.15, -0.1) is 0 Å². The fourth-order valence-electron chi connectivity index (χ4n) is 3.88. The van der Waals surface area contributed by atoms with E-state index in [1.165, 1.54) is 0 Å². The van der Waals surface area contributed by atoms with E-state index in [1.54, 1.807) is 17.4 Å². The summed E-state index contributed by atoms with van der Waals surface area (Å²) in [7, 11) is 0. The fourth-order valence-corrected chi connectivity index (χ4v) is 4.86. The van der Waals surface area contributed by atoms with Crippen LogP contribution in [-0.4, -0.2) is 38.1 Å². The van der Waals surface area contributed by atoms with Crippen LogP contribution in [0.3, 0.4) is 0 Å². The van der Waals surface area contributed by atoms with Crippen molar-refractivity contribution >= 4 is 43.6 Å². The average molecular weight is 422 g/mol. The Labute approximate surface area is 177 Å². The first-order valence-corrected chi connectivity index (χ1v) is 11.0. The summed E-state index contributed by atoms with van der Waals surface area (Å²) in [6.07, 6.45) is 3.40. The number of carbonyl (C=O) groups is 1. The number of carbonyl (C=O) groups excluding carboxylic acids is 1. The number of hydrogen-bond acceptors (Lipinski definition) is 6. The predicted molar refractivity (Wildman–Crippen MR) is 119 cm³/mol. The molecular weight excluding hydrogens is 398 g/mol. The van der Waals surface area contributed by atoms with E-state index in [9.17, 15) is 9.90 Å². The first-order chi connectivity index (χ1) is 14.6. The minimum atomic E-state index is -0.168. The maximum atomic E-state index is 12.6. The van der Waals surface area contributed by atoms with Gasteiger partial charge in [-0.25, -0.2) is 9.97 Å². The van der Waals surface area contributed by atoms with Crippen molar-refractivity contribution in [2.75, 3.05) is 5.32 Å². The van der Waals surface area contributed by atoms with Gasteiger partial charge in [-0.1, -0.05) is 23.5 Å². The molecule has 1 amide bonds. The van der Waals surface area contributed by atoms with E-state index in [-0.39, 0.29) is 12.0 Å². The number of para-hydroxylation sites is 2. The lowest BCUT2D eigenvalue weighted by atomic mass is 9.93. The van der Waals surface area contributed by atoms with Gasteiger partial charge in [0.15, 0.2) is 5.13 Å². The molecule has 1 aliphatic rings. The smallest absolute Gasteiger partial charge is 0.251 e. The zero-order chi connectivity index (χ0) is 20.5. The largest absolute Gasteiger partial charge is 0.393 e. The highest BCUT2D eigenvalue weighted by Gasteiger charge is 2.20. The number of nitrogens with zero attached hydrogens (tertiary/aromatic N) is 2. The van der Waals surface area contributed by atoms with Crippen LogP contribution in [0.25, 0.3) is 21.3 Å². The summed E-state index contributed by atoms with van der Waals surface area (Å²) in [5.41, 5.74) is 3.34. The molecular formula is C22H23N5O2S. The van der Waals surface area contributed by atoms with Crippen LogP contribution in [0, 0.1) is 0 Å². The van der Waals surface area contributed by atoms with Crippen molar-refractivity contribution in [1.82, 2.24) is 20.3 Å². The van der Waals surface area contributed by atoms with Crippen molar-refractivity contribution in [3.05, 3.63) is 53.9 Å². The molecule has 8 heteroatoms. The SMILES string of the molecule is O=C(NCc1nc2ccccc2[nH]1)c1ccc2nc(NC3CCC(O)CC3)sc2c1. The summed E-state index contributed by atoms with van der Waals surface area (Å²) in [6.45, 7) is 0.342. The average Bonchev–Trinajstić information content (AvgIpc) is 3.36. The van der Waals surface area contributed by atoms with Gasteiger partial charge in [0, 0.05) is 11.6 Å². The van der Waals surface area contributed by atoms with Crippen molar-refractivity contribution < 1.29 is 9.90 Å². The normalized spacial score (nSPS) is 19.2. The molecule has 0 atom stereocenters. The van der Waals surface area contributed by atoms with Crippen LogP contribution in [0.15, 0.2) is 42.5 Å². The van der Waals surface area contributed by atoms with Gasteiger partial charge >= 0.3 is 0 Å². The van der Waals surface area contributed by atoms with Gasteiger partial charge in [0.1, 0.15) is 5.82 Å². The lowest BCUT2D eigenvalue weighted by Gasteiger charge is -2.25. The Balaban J connectivity index is 1.25. The zero-order valence-electron chi connectivity index (χ0n) is 16.4. The minimum Gasteiger partial charge on any atom is -0.393 e.